The van der Waals surface area contributed by atoms with Gasteiger partial charge in [0.15, 0.2) is 0 Å². The van der Waals surface area contributed by atoms with Crippen LogP contribution < -0.4 is 11.1 Å². The molecule has 160 valence electrons. The number of ether oxygens (including phenoxy) is 1. The number of nitrogen functional groups attached to an aromatic ring is 1. The first-order valence-corrected chi connectivity index (χ1v) is 9.84. The van der Waals surface area contributed by atoms with E-state index in [1.54, 1.807) is 60.7 Å². The molecule has 7 nitrogen and oxygen atoms in total. The van der Waals surface area contributed by atoms with Crippen LogP contribution in [-0.2, 0) is 16.0 Å². The summed E-state index contributed by atoms with van der Waals surface area (Å²) in [5.74, 6) is -1.09. The van der Waals surface area contributed by atoms with Gasteiger partial charge in [-0.1, -0.05) is 48.5 Å². The fraction of sp³-hybridized carbons (Fsp3) is 0.120. The van der Waals surface area contributed by atoms with Crippen molar-refractivity contribution in [3.8, 4) is 17.2 Å². The van der Waals surface area contributed by atoms with Crippen LogP contribution in [0.15, 0.2) is 72.8 Å². The summed E-state index contributed by atoms with van der Waals surface area (Å²) in [6.45, 7) is 0. The lowest BCUT2D eigenvalue weighted by molar-refractivity contribution is -0.142. The number of carbonyl (C=O) groups excluding carboxylic acids is 2. The predicted octanol–water partition coefficient (Wildman–Crippen LogP) is 3.02. The highest BCUT2D eigenvalue weighted by atomic mass is 16.5. The molecule has 4 N–H and O–H groups in total. The van der Waals surface area contributed by atoms with E-state index in [1.165, 1.54) is 7.11 Å². The van der Waals surface area contributed by atoms with Gasteiger partial charge in [-0.3, -0.25) is 10.2 Å². The number of hydrogen-bond acceptors (Lipinski definition) is 5. The third-order valence-electron chi connectivity index (χ3n) is 4.97. The Bertz CT molecular complexity index is 1200. The SMILES string of the molecule is COC(=O)[C@H](Cc1cccc(C(=N)N)c1)NC(=O)c1ccc(-c2ccccc2C#N)cc1. The van der Waals surface area contributed by atoms with Gasteiger partial charge in [-0.25, -0.2) is 4.79 Å². The van der Waals surface area contributed by atoms with Gasteiger partial charge in [-0.2, -0.15) is 5.26 Å². The molecule has 0 aliphatic carbocycles. The normalized spacial score (nSPS) is 11.1. The molecule has 1 amide bonds. The molecule has 0 saturated heterocycles. The second-order valence-corrected chi connectivity index (χ2v) is 7.10. The third-order valence-corrected chi connectivity index (χ3v) is 4.97. The third kappa shape index (κ3) is 5.18. The van der Waals surface area contributed by atoms with Crippen molar-refractivity contribution in [3.05, 3.63) is 95.1 Å². The summed E-state index contributed by atoms with van der Waals surface area (Å²) in [7, 11) is 1.26. The zero-order valence-electron chi connectivity index (χ0n) is 17.5. The number of carbonyl (C=O) groups is 2. The van der Waals surface area contributed by atoms with Crippen molar-refractivity contribution >= 4 is 17.7 Å². The number of esters is 1. The van der Waals surface area contributed by atoms with Crippen LogP contribution in [-0.4, -0.2) is 30.9 Å². The van der Waals surface area contributed by atoms with Gasteiger partial charge in [0.05, 0.1) is 18.7 Å². The molecule has 32 heavy (non-hydrogen) atoms. The fourth-order valence-corrected chi connectivity index (χ4v) is 3.31. The number of nitrogens with one attached hydrogen (secondary N) is 2. The number of nitrogens with zero attached hydrogens (tertiary/aromatic N) is 1. The molecule has 0 aliphatic rings. The highest BCUT2D eigenvalue weighted by Gasteiger charge is 2.23. The van der Waals surface area contributed by atoms with E-state index in [9.17, 15) is 14.9 Å². The van der Waals surface area contributed by atoms with Crippen molar-refractivity contribution in [2.45, 2.75) is 12.5 Å². The molecular weight excluding hydrogens is 404 g/mol. The number of rotatable bonds is 7. The zero-order chi connectivity index (χ0) is 23.1. The molecule has 1 atom stereocenters. The molecule has 0 aliphatic heterocycles. The van der Waals surface area contributed by atoms with E-state index < -0.39 is 17.9 Å². The number of methoxy groups -OCH3 is 1. The summed E-state index contributed by atoms with van der Waals surface area (Å²) in [6.07, 6.45) is 0.188. The minimum atomic E-state index is -0.909. The van der Waals surface area contributed by atoms with Crippen molar-refractivity contribution in [2.75, 3.05) is 7.11 Å². The second-order valence-electron chi connectivity index (χ2n) is 7.10. The highest BCUT2D eigenvalue weighted by molar-refractivity contribution is 5.97. The molecular formula is C25H22N4O3. The van der Waals surface area contributed by atoms with E-state index in [0.29, 0.717) is 16.7 Å². The van der Waals surface area contributed by atoms with E-state index in [-0.39, 0.29) is 12.3 Å². The largest absolute Gasteiger partial charge is 0.467 e. The molecule has 0 heterocycles. The van der Waals surface area contributed by atoms with Crippen LogP contribution in [0.4, 0.5) is 0 Å². The number of amides is 1. The predicted molar refractivity (Wildman–Crippen MR) is 121 cm³/mol. The Labute approximate surface area is 186 Å². The highest BCUT2D eigenvalue weighted by Crippen LogP contribution is 2.23. The molecule has 7 heteroatoms. The minimum absolute atomic E-state index is 0.0800. The molecule has 0 saturated carbocycles. The molecule has 0 unspecified atom stereocenters. The molecule has 0 bridgehead atoms. The first kappa shape index (κ1) is 22.2. The van der Waals surface area contributed by atoms with Gasteiger partial charge in [-0.15, -0.1) is 0 Å². The summed E-state index contributed by atoms with van der Waals surface area (Å²) >= 11 is 0. The number of nitriles is 1. The minimum Gasteiger partial charge on any atom is -0.467 e. The van der Waals surface area contributed by atoms with Crippen LogP contribution >= 0.6 is 0 Å². The number of hydrogen-bond donors (Lipinski definition) is 3. The van der Waals surface area contributed by atoms with Crippen LogP contribution in [0.5, 0.6) is 0 Å². The maximum Gasteiger partial charge on any atom is 0.328 e. The lowest BCUT2D eigenvalue weighted by Gasteiger charge is -2.17. The topological polar surface area (TPSA) is 129 Å². The molecule has 3 aromatic carbocycles. The second kappa shape index (κ2) is 10.0. The molecule has 0 spiro atoms. The smallest absolute Gasteiger partial charge is 0.328 e. The van der Waals surface area contributed by atoms with Gasteiger partial charge >= 0.3 is 5.97 Å². The van der Waals surface area contributed by atoms with Gasteiger partial charge in [0.1, 0.15) is 11.9 Å². The lowest BCUT2D eigenvalue weighted by atomic mass is 9.99. The van der Waals surface area contributed by atoms with Crippen molar-refractivity contribution in [1.29, 1.82) is 10.7 Å². The number of benzene rings is 3. The van der Waals surface area contributed by atoms with Crippen molar-refractivity contribution in [2.24, 2.45) is 5.73 Å². The van der Waals surface area contributed by atoms with E-state index >= 15 is 0 Å². The Morgan fingerprint density at radius 1 is 1.06 bits per heavy atom. The summed E-state index contributed by atoms with van der Waals surface area (Å²) in [5.41, 5.74) is 9.30. The Morgan fingerprint density at radius 2 is 1.78 bits per heavy atom. The van der Waals surface area contributed by atoms with Crippen LogP contribution in [0.1, 0.15) is 27.0 Å². The van der Waals surface area contributed by atoms with Crippen LogP contribution in [0, 0.1) is 16.7 Å². The van der Waals surface area contributed by atoms with E-state index in [1.807, 2.05) is 12.1 Å². The molecule has 3 rings (SSSR count). The maximum atomic E-state index is 12.8. The maximum absolute atomic E-state index is 12.8. The van der Waals surface area contributed by atoms with Gasteiger partial charge in [0, 0.05) is 17.5 Å². The van der Waals surface area contributed by atoms with E-state index in [2.05, 4.69) is 11.4 Å². The van der Waals surface area contributed by atoms with Gasteiger partial charge in [0.2, 0.25) is 0 Å². The van der Waals surface area contributed by atoms with Crippen molar-refractivity contribution in [1.82, 2.24) is 5.32 Å². The first-order valence-electron chi connectivity index (χ1n) is 9.84. The number of amidine groups is 1. The van der Waals surface area contributed by atoms with Crippen LogP contribution in [0.2, 0.25) is 0 Å². The average Bonchev–Trinajstić information content (AvgIpc) is 2.83. The van der Waals surface area contributed by atoms with Gasteiger partial charge in [-0.05, 0) is 41.0 Å². The molecule has 0 aromatic heterocycles. The Morgan fingerprint density at radius 3 is 2.44 bits per heavy atom. The van der Waals surface area contributed by atoms with Crippen molar-refractivity contribution in [3.63, 3.8) is 0 Å². The van der Waals surface area contributed by atoms with Gasteiger partial charge in [0.25, 0.3) is 5.91 Å². The molecule has 3 aromatic rings. The van der Waals surface area contributed by atoms with Crippen LogP contribution in [0.3, 0.4) is 0 Å². The van der Waals surface area contributed by atoms with Crippen molar-refractivity contribution < 1.29 is 14.3 Å². The summed E-state index contributed by atoms with van der Waals surface area (Å²) in [6, 6.07) is 22.2. The van der Waals surface area contributed by atoms with E-state index in [0.717, 1.165) is 16.7 Å². The number of nitrogens with two attached hydrogens (primary N) is 1. The standard InChI is InChI=1S/C25H22N4O3/c1-32-25(31)22(14-16-5-4-7-19(13-16)23(27)28)29-24(30)18-11-9-17(10-12-18)21-8-3-2-6-20(21)15-26/h2-13,22H,14H2,1H3,(H3,27,28)(H,29,30)/t22-/m0/s1. The fourth-order valence-electron chi connectivity index (χ4n) is 3.31. The summed E-state index contributed by atoms with van der Waals surface area (Å²) in [4.78, 5) is 25.1. The molecule has 0 fully saturated rings. The lowest BCUT2D eigenvalue weighted by Crippen LogP contribution is -2.43. The summed E-state index contributed by atoms with van der Waals surface area (Å²) in [5, 5.41) is 19.6. The molecule has 0 radical (unpaired) electrons. The van der Waals surface area contributed by atoms with Gasteiger partial charge < -0.3 is 15.8 Å². The van der Waals surface area contributed by atoms with Crippen LogP contribution in [0.25, 0.3) is 11.1 Å². The first-order chi connectivity index (χ1) is 15.4. The zero-order valence-corrected chi connectivity index (χ0v) is 17.5. The van der Waals surface area contributed by atoms with E-state index in [4.69, 9.17) is 15.9 Å². The monoisotopic (exact) mass is 426 g/mol. The Hall–Kier alpha value is -4.44. The summed E-state index contributed by atoms with van der Waals surface area (Å²) < 4.78 is 4.85. The average molecular weight is 426 g/mol. The Balaban J connectivity index is 1.78. The quantitative estimate of drug-likeness (QED) is 0.304. The Kier molecular flexibility index (Phi) is 6.99.